The predicted molar refractivity (Wildman–Crippen MR) is 144 cm³/mol. The molecule has 6 rings (SSSR count). The Balaban J connectivity index is 1.30. The monoisotopic (exact) mass is 621 g/mol. The number of hydrogen-bond donors (Lipinski definition) is 1. The lowest BCUT2D eigenvalue weighted by Gasteiger charge is -2.32. The Morgan fingerprint density at radius 1 is 1.05 bits per heavy atom. The van der Waals surface area contributed by atoms with E-state index in [-0.39, 0.29) is 52.2 Å². The van der Waals surface area contributed by atoms with Gasteiger partial charge >= 0.3 is 18.4 Å². The Morgan fingerprint density at radius 3 is 2.48 bits per heavy atom. The van der Waals surface area contributed by atoms with Crippen molar-refractivity contribution in [1.82, 2.24) is 9.78 Å². The summed E-state index contributed by atoms with van der Waals surface area (Å²) in [5, 5.41) is 13.3. The van der Waals surface area contributed by atoms with Gasteiger partial charge in [0.15, 0.2) is 17.2 Å². The summed E-state index contributed by atoms with van der Waals surface area (Å²) in [5.74, 6) is -2.31. The third kappa shape index (κ3) is 5.70. The van der Waals surface area contributed by atoms with E-state index < -0.39 is 42.1 Å². The Morgan fingerprint density at radius 2 is 1.77 bits per heavy atom. The highest BCUT2D eigenvalue weighted by Gasteiger charge is 2.44. The third-order valence-electron chi connectivity index (χ3n) is 8.28. The third-order valence-corrected chi connectivity index (χ3v) is 8.28. The number of amides is 1. The van der Waals surface area contributed by atoms with Crippen LogP contribution in [0.5, 0.6) is 11.5 Å². The number of aromatic nitrogens is 2. The van der Waals surface area contributed by atoms with Crippen LogP contribution in [-0.2, 0) is 22.1 Å². The number of alkyl halides is 5. The number of aliphatic carboxylic acids is 1. The zero-order valence-electron chi connectivity index (χ0n) is 23.4. The summed E-state index contributed by atoms with van der Waals surface area (Å²) < 4.78 is 85.8. The standard InChI is InChI=1S/C30H28F5N3O6/c1-37(18-10-13-22-24(15-18)44-30(34,35)43-22)27(39)17-4-2-5-19(14-17)38-25-21(26(36-38)29(31,32)33)6-3-7-23(25)42-20-11-8-16(9-12-20)28(40)41/h2,4-5,10,13-16,20,23H,3,6-9,11-12H2,1H3,(H,40,41). The molecule has 1 amide bonds. The quantitative estimate of drug-likeness (QED) is 0.313. The zero-order chi connectivity index (χ0) is 31.4. The topological polar surface area (TPSA) is 103 Å². The minimum absolute atomic E-state index is 0.0407. The van der Waals surface area contributed by atoms with E-state index in [1.807, 2.05) is 0 Å². The number of rotatable bonds is 6. The van der Waals surface area contributed by atoms with E-state index in [2.05, 4.69) is 14.6 Å². The highest BCUT2D eigenvalue weighted by molar-refractivity contribution is 6.06. The first-order valence-corrected chi connectivity index (χ1v) is 14.2. The maximum Gasteiger partial charge on any atom is 0.586 e. The SMILES string of the molecule is CN(C(=O)c1cccc(-n2nc(C(F)(F)F)c3c2C(OC2CCC(C(=O)O)CC2)CCC3)c1)c1ccc2c(c1)OC(F)(F)O2. The minimum atomic E-state index is -4.72. The number of hydrogen-bond acceptors (Lipinski definition) is 6. The molecule has 3 aliphatic rings. The van der Waals surface area contributed by atoms with Crippen molar-refractivity contribution in [2.24, 2.45) is 5.92 Å². The second-order valence-corrected chi connectivity index (χ2v) is 11.2. The average molecular weight is 622 g/mol. The molecule has 44 heavy (non-hydrogen) atoms. The van der Waals surface area contributed by atoms with Crippen molar-refractivity contribution >= 4 is 17.6 Å². The molecule has 2 heterocycles. The van der Waals surface area contributed by atoms with Crippen LogP contribution in [0.4, 0.5) is 27.6 Å². The molecule has 1 aromatic heterocycles. The van der Waals surface area contributed by atoms with Crippen molar-refractivity contribution in [3.8, 4) is 17.2 Å². The van der Waals surface area contributed by atoms with Crippen LogP contribution >= 0.6 is 0 Å². The lowest BCUT2D eigenvalue weighted by molar-refractivity contribution is -0.286. The highest BCUT2D eigenvalue weighted by Crippen LogP contribution is 2.44. The molecule has 0 saturated heterocycles. The number of carbonyl (C=O) groups is 2. The summed E-state index contributed by atoms with van der Waals surface area (Å²) in [5.41, 5.74) is -0.154. The van der Waals surface area contributed by atoms with Crippen LogP contribution in [0.25, 0.3) is 5.69 Å². The predicted octanol–water partition coefficient (Wildman–Crippen LogP) is 6.53. The molecular formula is C30H28F5N3O6. The summed E-state index contributed by atoms with van der Waals surface area (Å²) in [6.07, 6.45) is -6.66. The number of carbonyl (C=O) groups excluding carboxylic acids is 1. The fourth-order valence-corrected chi connectivity index (χ4v) is 6.10. The van der Waals surface area contributed by atoms with Crippen LogP contribution in [0.1, 0.15) is 71.9 Å². The number of benzene rings is 2. The van der Waals surface area contributed by atoms with Crippen molar-refractivity contribution in [2.45, 2.75) is 69.6 Å². The van der Waals surface area contributed by atoms with Gasteiger partial charge in [0.05, 0.1) is 23.4 Å². The summed E-state index contributed by atoms with van der Waals surface area (Å²) in [7, 11) is 1.42. The number of fused-ring (bicyclic) bond motifs is 2. The molecule has 1 N–H and O–H groups in total. The molecule has 1 unspecified atom stereocenters. The van der Waals surface area contributed by atoms with Crippen LogP contribution < -0.4 is 14.4 Å². The number of carboxylic acids is 1. The second-order valence-electron chi connectivity index (χ2n) is 11.2. The van der Waals surface area contributed by atoms with Gasteiger partial charge in [-0.1, -0.05) is 6.07 Å². The first-order valence-electron chi connectivity index (χ1n) is 14.2. The molecule has 0 bridgehead atoms. The maximum atomic E-state index is 14.2. The van der Waals surface area contributed by atoms with Crippen molar-refractivity contribution in [1.29, 1.82) is 0 Å². The molecule has 2 aromatic carbocycles. The van der Waals surface area contributed by atoms with Gasteiger partial charge in [0.2, 0.25) is 0 Å². The number of anilines is 1. The molecule has 0 radical (unpaired) electrons. The van der Waals surface area contributed by atoms with Crippen LogP contribution in [0, 0.1) is 5.92 Å². The second kappa shape index (κ2) is 11.1. The van der Waals surface area contributed by atoms with Gasteiger partial charge in [0.25, 0.3) is 5.91 Å². The molecular weight excluding hydrogens is 593 g/mol. The highest BCUT2D eigenvalue weighted by atomic mass is 19.4. The van der Waals surface area contributed by atoms with Gasteiger partial charge < -0.3 is 24.2 Å². The fraction of sp³-hybridized carbons (Fsp3) is 0.433. The number of halogens is 5. The Hall–Kier alpha value is -4.20. The lowest BCUT2D eigenvalue weighted by Crippen LogP contribution is -2.29. The molecule has 1 aliphatic heterocycles. The van der Waals surface area contributed by atoms with Crippen LogP contribution in [-0.4, -0.2) is 46.2 Å². The first-order chi connectivity index (χ1) is 20.8. The molecule has 3 aromatic rings. The Labute approximate surface area is 248 Å². The number of nitrogens with zero attached hydrogens (tertiary/aromatic N) is 3. The molecule has 1 fully saturated rings. The molecule has 1 atom stereocenters. The number of carboxylic acid groups (broad SMARTS) is 1. The van der Waals surface area contributed by atoms with Crippen LogP contribution in [0.3, 0.4) is 0 Å². The van der Waals surface area contributed by atoms with E-state index in [1.54, 1.807) is 0 Å². The number of ether oxygens (including phenoxy) is 3. The van der Waals surface area contributed by atoms with Crippen LogP contribution in [0.15, 0.2) is 42.5 Å². The summed E-state index contributed by atoms with van der Waals surface area (Å²) >= 11 is 0. The minimum Gasteiger partial charge on any atom is -0.481 e. The molecule has 9 nitrogen and oxygen atoms in total. The largest absolute Gasteiger partial charge is 0.586 e. The summed E-state index contributed by atoms with van der Waals surface area (Å²) in [6.45, 7) is 0. The molecule has 1 saturated carbocycles. The maximum absolute atomic E-state index is 14.2. The van der Waals surface area contributed by atoms with Gasteiger partial charge in [0.1, 0.15) is 6.10 Å². The Bertz CT molecular complexity index is 1600. The molecule has 234 valence electrons. The van der Waals surface area contributed by atoms with Crippen molar-refractivity contribution in [3.05, 3.63) is 65.0 Å². The molecule has 2 aliphatic carbocycles. The van der Waals surface area contributed by atoms with E-state index in [1.165, 1.54) is 59.1 Å². The Kier molecular flexibility index (Phi) is 7.50. The van der Waals surface area contributed by atoms with E-state index in [9.17, 15) is 36.6 Å². The first kappa shape index (κ1) is 29.9. The summed E-state index contributed by atoms with van der Waals surface area (Å²) in [4.78, 5) is 26.0. The van der Waals surface area contributed by atoms with Crippen molar-refractivity contribution in [2.75, 3.05) is 11.9 Å². The van der Waals surface area contributed by atoms with Crippen LogP contribution in [0.2, 0.25) is 0 Å². The summed E-state index contributed by atoms with van der Waals surface area (Å²) in [6, 6.07) is 9.82. The normalized spacial score (nSPS) is 22.4. The average Bonchev–Trinajstić information content (AvgIpc) is 3.53. The van der Waals surface area contributed by atoms with Crippen molar-refractivity contribution in [3.63, 3.8) is 0 Å². The van der Waals surface area contributed by atoms with E-state index in [0.717, 1.165) is 0 Å². The van der Waals surface area contributed by atoms with Gasteiger partial charge in [-0.25, -0.2) is 4.68 Å². The van der Waals surface area contributed by atoms with Gasteiger partial charge in [0, 0.05) is 29.9 Å². The smallest absolute Gasteiger partial charge is 0.481 e. The lowest BCUT2D eigenvalue weighted by atomic mass is 9.87. The van der Waals surface area contributed by atoms with Gasteiger partial charge in [-0.3, -0.25) is 9.59 Å². The van der Waals surface area contributed by atoms with E-state index in [4.69, 9.17) is 4.74 Å². The van der Waals surface area contributed by atoms with Crippen molar-refractivity contribution < 1.29 is 50.9 Å². The van der Waals surface area contributed by atoms with E-state index in [0.29, 0.717) is 38.5 Å². The zero-order valence-corrected chi connectivity index (χ0v) is 23.4. The fourth-order valence-electron chi connectivity index (χ4n) is 6.10. The van der Waals surface area contributed by atoms with Gasteiger partial charge in [-0.05, 0) is 75.3 Å². The van der Waals surface area contributed by atoms with E-state index >= 15 is 0 Å². The molecule has 14 heteroatoms. The van der Waals surface area contributed by atoms with Gasteiger partial charge in [-0.2, -0.15) is 18.3 Å². The van der Waals surface area contributed by atoms with Gasteiger partial charge in [-0.15, -0.1) is 8.78 Å². The molecule has 0 spiro atoms.